The van der Waals surface area contributed by atoms with Crippen molar-refractivity contribution in [3.05, 3.63) is 72.6 Å². The van der Waals surface area contributed by atoms with Gasteiger partial charge < -0.3 is 0 Å². The van der Waals surface area contributed by atoms with E-state index in [4.69, 9.17) is 5.10 Å². The molecule has 5 rings (SSSR count). The average molecular weight is 358 g/mol. The summed E-state index contributed by atoms with van der Waals surface area (Å²) in [6.07, 6.45) is 1.82. The van der Waals surface area contributed by atoms with E-state index in [0.717, 1.165) is 32.5 Å². The highest BCUT2D eigenvalue weighted by Gasteiger charge is 2.18. The van der Waals surface area contributed by atoms with E-state index in [9.17, 15) is 0 Å². The quantitative estimate of drug-likeness (QED) is 0.489. The van der Waals surface area contributed by atoms with E-state index in [1.807, 2.05) is 78.5 Å². The summed E-state index contributed by atoms with van der Waals surface area (Å²) in [6.45, 7) is 2.03. The Bertz CT molecular complexity index is 1190. The zero-order valence-electron chi connectivity index (χ0n) is 13.9. The minimum Gasteiger partial charge on any atom is -0.237 e. The van der Waals surface area contributed by atoms with E-state index in [0.29, 0.717) is 5.82 Å². The lowest BCUT2D eigenvalue weighted by Gasteiger charge is -2.04. The molecule has 126 valence electrons. The minimum absolute atomic E-state index is 0.707. The molecule has 5 aromatic rings. The molecule has 0 fully saturated rings. The van der Waals surface area contributed by atoms with Crippen molar-refractivity contribution in [2.75, 3.05) is 0 Å². The summed E-state index contributed by atoms with van der Waals surface area (Å²) in [5, 5.41) is 18.8. The van der Waals surface area contributed by atoms with Crippen LogP contribution in [0.4, 0.5) is 0 Å². The topological polar surface area (TPSA) is 60.9 Å². The van der Waals surface area contributed by atoms with E-state index in [2.05, 4.69) is 15.3 Å². The smallest absolute Gasteiger partial charge is 0.235 e. The summed E-state index contributed by atoms with van der Waals surface area (Å²) in [7, 11) is 0. The predicted molar refractivity (Wildman–Crippen MR) is 101 cm³/mol. The van der Waals surface area contributed by atoms with Gasteiger partial charge in [-0.2, -0.15) is 14.7 Å². The van der Waals surface area contributed by atoms with E-state index in [1.54, 1.807) is 4.52 Å². The minimum atomic E-state index is 0.707. The number of hydrogen-bond acceptors (Lipinski definition) is 5. The molecule has 2 aromatic carbocycles. The normalized spacial score (nSPS) is 11.3. The molecule has 26 heavy (non-hydrogen) atoms. The van der Waals surface area contributed by atoms with Crippen LogP contribution in [0.15, 0.2) is 66.9 Å². The van der Waals surface area contributed by atoms with Gasteiger partial charge in [0.2, 0.25) is 4.96 Å². The predicted octanol–water partition coefficient (Wildman–Crippen LogP) is 4.01. The van der Waals surface area contributed by atoms with Crippen molar-refractivity contribution < 1.29 is 0 Å². The number of rotatable bonds is 3. The van der Waals surface area contributed by atoms with Crippen LogP contribution >= 0.6 is 11.3 Å². The Kier molecular flexibility index (Phi) is 3.39. The van der Waals surface area contributed by atoms with Crippen LogP contribution in [0.5, 0.6) is 0 Å². The van der Waals surface area contributed by atoms with E-state index in [-0.39, 0.29) is 0 Å². The summed E-state index contributed by atoms with van der Waals surface area (Å²) in [6, 6.07) is 20.1. The second kappa shape index (κ2) is 5.89. The van der Waals surface area contributed by atoms with Crippen LogP contribution in [0.25, 0.3) is 32.6 Å². The third-order valence-corrected chi connectivity index (χ3v) is 5.21. The highest BCUT2D eigenvalue weighted by atomic mass is 32.1. The molecule has 0 aliphatic heterocycles. The van der Waals surface area contributed by atoms with Gasteiger partial charge in [0, 0.05) is 5.56 Å². The molecule has 0 radical (unpaired) electrons. The molecule has 0 saturated heterocycles. The van der Waals surface area contributed by atoms with E-state index >= 15 is 0 Å². The third-order valence-electron chi connectivity index (χ3n) is 4.26. The number of benzene rings is 2. The van der Waals surface area contributed by atoms with Crippen molar-refractivity contribution in [3.8, 4) is 27.6 Å². The van der Waals surface area contributed by atoms with Gasteiger partial charge in [-0.15, -0.1) is 10.2 Å². The first kappa shape index (κ1) is 15.0. The Labute approximate surface area is 153 Å². The fourth-order valence-corrected chi connectivity index (χ4v) is 3.79. The van der Waals surface area contributed by atoms with E-state index < -0.39 is 0 Å². The summed E-state index contributed by atoms with van der Waals surface area (Å²) in [4.78, 5) is 0.769. The molecule has 0 atom stereocenters. The first-order valence-electron chi connectivity index (χ1n) is 8.19. The molecule has 0 N–H and O–H groups in total. The number of para-hydroxylation sites is 1. The van der Waals surface area contributed by atoms with Crippen molar-refractivity contribution in [2.24, 2.45) is 0 Å². The van der Waals surface area contributed by atoms with Crippen LogP contribution in [0.1, 0.15) is 5.69 Å². The average Bonchev–Trinajstić information content (AvgIpc) is 3.37. The van der Waals surface area contributed by atoms with Crippen molar-refractivity contribution >= 4 is 16.3 Å². The summed E-state index contributed by atoms with van der Waals surface area (Å²) in [5.74, 6) is 0.707. The van der Waals surface area contributed by atoms with Gasteiger partial charge in [-0.3, -0.25) is 0 Å². The highest BCUT2D eigenvalue weighted by molar-refractivity contribution is 7.19. The van der Waals surface area contributed by atoms with Crippen molar-refractivity contribution in [1.29, 1.82) is 0 Å². The number of hydrogen-bond donors (Lipinski definition) is 0. The van der Waals surface area contributed by atoms with Gasteiger partial charge in [0.05, 0.1) is 23.1 Å². The van der Waals surface area contributed by atoms with Crippen LogP contribution in [-0.4, -0.2) is 29.6 Å². The van der Waals surface area contributed by atoms with Crippen LogP contribution in [0.2, 0.25) is 0 Å². The Hall–Kier alpha value is -3.32. The standard InChI is InChI=1S/C19H14N6S/c1-13-16(12-20-24(13)15-10-6-3-7-11-15)17-21-22-19-25(17)23-18(26-19)14-8-4-2-5-9-14/h2-12H,1H3. The zero-order valence-corrected chi connectivity index (χ0v) is 14.8. The van der Waals surface area contributed by atoms with Crippen molar-refractivity contribution in [2.45, 2.75) is 6.92 Å². The lowest BCUT2D eigenvalue weighted by molar-refractivity contribution is 0.846. The lowest BCUT2D eigenvalue weighted by atomic mass is 10.2. The van der Waals surface area contributed by atoms with Crippen molar-refractivity contribution in [1.82, 2.24) is 29.6 Å². The molecule has 7 heteroatoms. The second-order valence-electron chi connectivity index (χ2n) is 5.88. The molecule has 0 aliphatic rings. The molecule has 0 saturated carbocycles. The first-order chi connectivity index (χ1) is 12.8. The van der Waals surface area contributed by atoms with Crippen LogP contribution in [0, 0.1) is 6.92 Å². The third kappa shape index (κ3) is 2.33. The monoisotopic (exact) mass is 358 g/mol. The zero-order chi connectivity index (χ0) is 17.5. The largest absolute Gasteiger partial charge is 0.237 e. The van der Waals surface area contributed by atoms with E-state index in [1.165, 1.54) is 11.3 Å². The van der Waals surface area contributed by atoms with Crippen LogP contribution in [-0.2, 0) is 0 Å². The Morgan fingerprint density at radius 2 is 1.62 bits per heavy atom. The molecular formula is C19H14N6S. The van der Waals surface area contributed by atoms with Gasteiger partial charge >= 0.3 is 0 Å². The maximum atomic E-state index is 4.72. The fraction of sp³-hybridized carbons (Fsp3) is 0.0526. The molecule has 0 bridgehead atoms. The Morgan fingerprint density at radius 3 is 2.38 bits per heavy atom. The number of nitrogens with zero attached hydrogens (tertiary/aromatic N) is 6. The van der Waals surface area contributed by atoms with Gasteiger partial charge in [0.15, 0.2) is 5.82 Å². The van der Waals surface area contributed by atoms with Gasteiger partial charge in [-0.1, -0.05) is 59.9 Å². The molecule has 0 aliphatic carbocycles. The molecule has 6 nitrogen and oxygen atoms in total. The number of aromatic nitrogens is 6. The Balaban J connectivity index is 1.62. The SMILES string of the molecule is Cc1c(-c2nnc3sc(-c4ccccc4)nn23)cnn1-c1ccccc1. The second-order valence-corrected chi connectivity index (χ2v) is 6.84. The van der Waals surface area contributed by atoms with Crippen LogP contribution in [0.3, 0.4) is 0 Å². The lowest BCUT2D eigenvalue weighted by Crippen LogP contribution is -1.99. The highest BCUT2D eigenvalue weighted by Crippen LogP contribution is 2.29. The van der Waals surface area contributed by atoms with Gasteiger partial charge in [-0.25, -0.2) is 4.68 Å². The molecule has 3 aromatic heterocycles. The van der Waals surface area contributed by atoms with Gasteiger partial charge in [0.25, 0.3) is 0 Å². The molecule has 3 heterocycles. The fourth-order valence-electron chi connectivity index (χ4n) is 2.94. The maximum Gasteiger partial charge on any atom is 0.235 e. The van der Waals surface area contributed by atoms with Gasteiger partial charge in [-0.05, 0) is 19.1 Å². The summed E-state index contributed by atoms with van der Waals surface area (Å²) >= 11 is 1.53. The Morgan fingerprint density at radius 1 is 0.885 bits per heavy atom. The molecule has 0 spiro atoms. The molecular weight excluding hydrogens is 344 g/mol. The van der Waals surface area contributed by atoms with Crippen molar-refractivity contribution in [3.63, 3.8) is 0 Å². The van der Waals surface area contributed by atoms with Crippen LogP contribution < -0.4 is 0 Å². The maximum absolute atomic E-state index is 4.72. The molecule has 0 unspecified atom stereocenters. The summed E-state index contributed by atoms with van der Waals surface area (Å²) < 4.78 is 3.70. The number of fused-ring (bicyclic) bond motifs is 1. The summed E-state index contributed by atoms with van der Waals surface area (Å²) in [5.41, 5.74) is 4.01. The van der Waals surface area contributed by atoms with Gasteiger partial charge in [0.1, 0.15) is 5.01 Å². The first-order valence-corrected chi connectivity index (χ1v) is 9.01. The molecule has 0 amide bonds.